The van der Waals surface area contributed by atoms with Crippen LogP contribution in [0.5, 0.6) is 0 Å². The lowest BCUT2D eigenvalue weighted by atomic mass is 10.2. The first kappa shape index (κ1) is 7.29. The van der Waals surface area contributed by atoms with Crippen molar-refractivity contribution < 1.29 is 4.79 Å². The average Bonchev–Trinajstić information content (AvgIpc) is 2.05. The Morgan fingerprint density at radius 3 is 2.40 bits per heavy atom. The molecule has 1 rings (SSSR count). The number of Topliss-reactive ketones (excluding diaryl/α,β-unsaturated/α-hetero) is 1. The summed E-state index contributed by atoms with van der Waals surface area (Å²) >= 11 is 5.21. The van der Waals surface area contributed by atoms with Gasteiger partial charge in [-0.05, 0) is 0 Å². The van der Waals surface area contributed by atoms with Crippen LogP contribution in [0.15, 0.2) is 30.3 Å². The quantitative estimate of drug-likeness (QED) is 0.596. The van der Waals surface area contributed by atoms with Crippen LogP contribution in [0.3, 0.4) is 0 Å². The lowest BCUT2D eigenvalue weighted by molar-refractivity contribution is 0.103. The van der Waals surface area contributed by atoms with E-state index in [1.807, 2.05) is 6.07 Å². The van der Waals surface area contributed by atoms with E-state index in [0.717, 1.165) is 5.88 Å². The molecule has 51 valence electrons. The van der Waals surface area contributed by atoms with Gasteiger partial charge in [0.1, 0.15) is 5.88 Å². The summed E-state index contributed by atoms with van der Waals surface area (Å²) in [6.45, 7) is 0. The van der Waals surface area contributed by atoms with Crippen LogP contribution in [0.25, 0.3) is 0 Å². The van der Waals surface area contributed by atoms with Crippen molar-refractivity contribution in [1.82, 2.24) is 0 Å². The highest BCUT2D eigenvalue weighted by Crippen LogP contribution is 2.02. The summed E-state index contributed by atoms with van der Waals surface area (Å²) in [5.41, 5.74) is 0.623. The minimum absolute atomic E-state index is 0.151. The molecule has 10 heavy (non-hydrogen) atoms. The van der Waals surface area contributed by atoms with Crippen LogP contribution in [-0.4, -0.2) is 5.78 Å². The smallest absolute Gasteiger partial charge is 0.182 e. The van der Waals surface area contributed by atoms with Crippen molar-refractivity contribution in [3.8, 4) is 0 Å². The highest BCUT2D eigenvalue weighted by molar-refractivity contribution is 6.37. The maximum Gasteiger partial charge on any atom is 0.182 e. The molecule has 0 unspecified atom stereocenters. The van der Waals surface area contributed by atoms with E-state index in [0.29, 0.717) is 5.56 Å². The molecule has 2 heteroatoms. The van der Waals surface area contributed by atoms with Gasteiger partial charge in [-0.15, -0.1) is 11.6 Å². The van der Waals surface area contributed by atoms with Gasteiger partial charge in [-0.25, -0.2) is 0 Å². The molecule has 1 nitrogen and oxygen atoms in total. The molecule has 0 heterocycles. The van der Waals surface area contributed by atoms with Gasteiger partial charge < -0.3 is 0 Å². The van der Waals surface area contributed by atoms with E-state index in [9.17, 15) is 4.79 Å². The summed E-state index contributed by atoms with van der Waals surface area (Å²) < 4.78 is 0. The van der Waals surface area contributed by atoms with Crippen LogP contribution >= 0.6 is 11.6 Å². The zero-order valence-electron chi connectivity index (χ0n) is 5.25. The minimum atomic E-state index is -0.151. The molecule has 1 aromatic rings. The molecule has 0 aromatic heterocycles. The van der Waals surface area contributed by atoms with Gasteiger partial charge in [-0.1, -0.05) is 30.3 Å². The van der Waals surface area contributed by atoms with Gasteiger partial charge in [-0.3, -0.25) is 4.79 Å². The first-order valence-electron chi connectivity index (χ1n) is 2.87. The normalized spacial score (nSPS) is 9.30. The minimum Gasteiger partial charge on any atom is -0.292 e. The molecule has 0 amide bonds. The van der Waals surface area contributed by atoms with Crippen molar-refractivity contribution in [2.24, 2.45) is 0 Å². The Labute approximate surface area is 64.6 Å². The van der Waals surface area contributed by atoms with Gasteiger partial charge in [-0.2, -0.15) is 0 Å². The van der Waals surface area contributed by atoms with E-state index in [1.165, 1.54) is 0 Å². The van der Waals surface area contributed by atoms with Gasteiger partial charge in [0, 0.05) is 5.56 Å². The Kier molecular flexibility index (Phi) is 2.46. The van der Waals surface area contributed by atoms with Crippen molar-refractivity contribution in [2.45, 2.75) is 0 Å². The van der Waals surface area contributed by atoms with Gasteiger partial charge in [0.05, 0.1) is 0 Å². The van der Waals surface area contributed by atoms with Gasteiger partial charge in [0.2, 0.25) is 0 Å². The number of hydrogen-bond donors (Lipinski definition) is 0. The third-order valence-electron chi connectivity index (χ3n) is 1.16. The Balaban J connectivity index is 2.85. The van der Waals surface area contributed by atoms with E-state index in [1.54, 1.807) is 24.3 Å². The lowest BCUT2D eigenvalue weighted by Gasteiger charge is -1.92. The molecule has 0 spiro atoms. The molecule has 0 saturated heterocycles. The number of ketones is 1. The zero-order valence-corrected chi connectivity index (χ0v) is 6.01. The molecule has 0 fully saturated rings. The summed E-state index contributed by atoms with van der Waals surface area (Å²) in [7, 11) is 0. The second-order valence-corrected chi connectivity index (χ2v) is 2.06. The first-order valence-corrected chi connectivity index (χ1v) is 3.31. The van der Waals surface area contributed by atoms with Crippen LogP contribution in [0.1, 0.15) is 10.4 Å². The van der Waals surface area contributed by atoms with Crippen LogP contribution in [0.2, 0.25) is 0 Å². The molecule has 0 atom stereocenters. The average molecular weight is 154 g/mol. The number of halogens is 1. The maximum absolute atomic E-state index is 10.8. The Bertz CT molecular complexity index is 218. The van der Waals surface area contributed by atoms with Crippen molar-refractivity contribution in [1.29, 1.82) is 0 Å². The van der Waals surface area contributed by atoms with E-state index >= 15 is 0 Å². The van der Waals surface area contributed by atoms with Gasteiger partial charge in [0.25, 0.3) is 0 Å². The monoisotopic (exact) mass is 153 g/mol. The maximum atomic E-state index is 10.8. The number of carbonyl (C=O) groups excluding carboxylic acids is 1. The third kappa shape index (κ3) is 1.58. The number of benzene rings is 1. The van der Waals surface area contributed by atoms with Crippen LogP contribution in [0.4, 0.5) is 0 Å². The van der Waals surface area contributed by atoms with Crippen molar-refractivity contribution in [3.05, 3.63) is 41.8 Å². The molecule has 1 aromatic carbocycles. The molecular weight excluding hydrogens is 148 g/mol. The summed E-state index contributed by atoms with van der Waals surface area (Å²) in [5.74, 6) is 0.886. The van der Waals surface area contributed by atoms with E-state index < -0.39 is 0 Å². The molecule has 0 bridgehead atoms. The van der Waals surface area contributed by atoms with E-state index in [2.05, 4.69) is 0 Å². The standard InChI is InChI=1S/C8H6ClO/c9-6-8(10)7-4-2-1-3-5-7/h1-6H. The van der Waals surface area contributed by atoms with Gasteiger partial charge in [0.15, 0.2) is 5.78 Å². The summed E-state index contributed by atoms with van der Waals surface area (Å²) in [6, 6.07) is 8.90. The largest absolute Gasteiger partial charge is 0.292 e. The second kappa shape index (κ2) is 3.37. The lowest BCUT2D eigenvalue weighted by Crippen LogP contribution is -1.93. The number of carbonyl (C=O) groups is 1. The Morgan fingerprint density at radius 1 is 1.30 bits per heavy atom. The van der Waals surface area contributed by atoms with Crippen LogP contribution in [0, 0.1) is 5.88 Å². The molecule has 0 aliphatic rings. The molecular formula is C8H6ClO. The highest BCUT2D eigenvalue weighted by Gasteiger charge is 2.00. The second-order valence-electron chi connectivity index (χ2n) is 1.84. The number of hydrogen-bond acceptors (Lipinski definition) is 1. The highest BCUT2D eigenvalue weighted by atomic mass is 35.5. The third-order valence-corrected chi connectivity index (χ3v) is 1.36. The molecule has 1 radical (unpaired) electrons. The van der Waals surface area contributed by atoms with Crippen LogP contribution < -0.4 is 0 Å². The fraction of sp³-hybridized carbons (Fsp3) is 0. The predicted molar refractivity (Wildman–Crippen MR) is 40.9 cm³/mol. The summed E-state index contributed by atoms with van der Waals surface area (Å²) in [6.07, 6.45) is 0. The van der Waals surface area contributed by atoms with E-state index in [4.69, 9.17) is 11.6 Å². The van der Waals surface area contributed by atoms with Crippen molar-refractivity contribution in [2.75, 3.05) is 0 Å². The number of rotatable bonds is 2. The first-order chi connectivity index (χ1) is 4.84. The Morgan fingerprint density at radius 2 is 1.90 bits per heavy atom. The van der Waals surface area contributed by atoms with E-state index in [-0.39, 0.29) is 5.78 Å². The van der Waals surface area contributed by atoms with Gasteiger partial charge >= 0.3 is 0 Å². The molecule has 0 saturated carbocycles. The van der Waals surface area contributed by atoms with Crippen LogP contribution in [-0.2, 0) is 0 Å². The molecule has 0 aliphatic heterocycles. The fourth-order valence-corrected chi connectivity index (χ4v) is 0.791. The van der Waals surface area contributed by atoms with Crippen molar-refractivity contribution >= 4 is 17.4 Å². The molecule has 0 N–H and O–H groups in total. The SMILES string of the molecule is O=C([CH]Cl)c1ccccc1. The fourth-order valence-electron chi connectivity index (χ4n) is 0.665. The predicted octanol–water partition coefficient (Wildman–Crippen LogP) is 2.27. The Hall–Kier alpha value is -0.820. The van der Waals surface area contributed by atoms with Crippen molar-refractivity contribution in [3.63, 3.8) is 0 Å². The zero-order chi connectivity index (χ0) is 7.40. The molecule has 0 aliphatic carbocycles. The summed E-state index contributed by atoms with van der Waals surface area (Å²) in [5, 5.41) is 0. The summed E-state index contributed by atoms with van der Waals surface area (Å²) in [4.78, 5) is 10.8. The topological polar surface area (TPSA) is 17.1 Å².